The minimum atomic E-state index is -0.0145. The van der Waals surface area contributed by atoms with Crippen molar-refractivity contribution >= 4 is 110 Å². The van der Waals surface area contributed by atoms with Crippen LogP contribution in [0.2, 0.25) is 0 Å². The van der Waals surface area contributed by atoms with Crippen molar-refractivity contribution in [2.24, 2.45) is 0 Å². The smallest absolute Gasteiger partial charge is 0.343 e. The molecule has 2 aliphatic rings. The van der Waals surface area contributed by atoms with E-state index in [1.807, 2.05) is 11.3 Å². The summed E-state index contributed by atoms with van der Waals surface area (Å²) in [5, 5.41) is 11.9. The second kappa shape index (κ2) is 11.7. The van der Waals surface area contributed by atoms with Gasteiger partial charge in [-0.15, -0.1) is 11.3 Å². The lowest BCUT2D eigenvalue weighted by Crippen LogP contribution is -2.55. The number of anilines is 3. The topological polar surface area (TPSA) is 8.17 Å². The third kappa shape index (κ3) is 4.50. The molecule has 286 valence electrons. The molecule has 0 saturated heterocycles. The zero-order valence-electron chi connectivity index (χ0n) is 34.8. The maximum absolute atomic E-state index is 2.72. The first-order valence-electron chi connectivity index (χ1n) is 21.4. The van der Waals surface area contributed by atoms with E-state index in [0.717, 1.165) is 0 Å². The van der Waals surface area contributed by atoms with Crippen LogP contribution in [0.4, 0.5) is 17.1 Å². The molecule has 0 amide bonds. The first kappa shape index (κ1) is 34.5. The van der Waals surface area contributed by atoms with E-state index in [4.69, 9.17) is 0 Å². The van der Waals surface area contributed by atoms with Crippen LogP contribution < -0.4 is 15.1 Å². The van der Waals surface area contributed by atoms with E-state index in [0.29, 0.717) is 0 Å². The molecule has 60 heavy (non-hydrogen) atoms. The Kier molecular flexibility index (Phi) is 6.72. The highest BCUT2D eigenvalue weighted by Crippen LogP contribution is 2.54. The van der Waals surface area contributed by atoms with Gasteiger partial charge in [-0.1, -0.05) is 157 Å². The van der Waals surface area contributed by atoms with Crippen molar-refractivity contribution in [3.8, 4) is 22.3 Å². The minimum absolute atomic E-state index is 0.0145. The molecule has 4 heterocycles. The van der Waals surface area contributed by atoms with Crippen LogP contribution in [0.5, 0.6) is 0 Å². The lowest BCUT2D eigenvalue weighted by Gasteiger charge is -2.41. The molecule has 9 aromatic carbocycles. The van der Waals surface area contributed by atoms with Crippen molar-refractivity contribution in [2.75, 3.05) is 4.90 Å². The summed E-state index contributed by atoms with van der Waals surface area (Å²) in [7, 11) is 0. The highest BCUT2D eigenvalue weighted by Gasteiger charge is 2.46. The van der Waals surface area contributed by atoms with Gasteiger partial charge >= 0.3 is 6.85 Å². The van der Waals surface area contributed by atoms with Crippen LogP contribution >= 0.6 is 11.3 Å². The highest BCUT2D eigenvalue weighted by atomic mass is 32.1. The summed E-state index contributed by atoms with van der Waals surface area (Å²) < 4.78 is 5.44. The molecule has 13 rings (SSSR count). The SMILES string of the molecule is CC(C)(C)c1ccc(N2c3c(sc4ccccc34)B3c4c(c5ccc6cc(C(C)(C)C)cc7ccc(c42)c5c67)-c2cc(-c4ccccc4)cc4c5ccccc5n3c24)cc1. The molecule has 0 radical (unpaired) electrons. The molecule has 0 saturated carbocycles. The molecule has 0 fully saturated rings. The Hall–Kier alpha value is -6.36. The van der Waals surface area contributed by atoms with Crippen LogP contribution in [0.1, 0.15) is 52.7 Å². The average Bonchev–Trinajstić information content (AvgIpc) is 3.80. The summed E-state index contributed by atoms with van der Waals surface area (Å²) in [6, 6.07) is 58.3. The number of rotatable bonds is 2. The fourth-order valence-electron chi connectivity index (χ4n) is 10.9. The molecular weight excluding hydrogens is 744 g/mol. The number of aromatic nitrogens is 1. The second-order valence-corrected chi connectivity index (χ2v) is 20.4. The molecule has 0 atom stereocenters. The Morgan fingerprint density at radius 1 is 0.500 bits per heavy atom. The van der Waals surface area contributed by atoms with Crippen LogP contribution in [0, 0.1) is 0 Å². The molecule has 0 aliphatic carbocycles. The molecule has 0 N–H and O–H groups in total. The van der Waals surface area contributed by atoms with Gasteiger partial charge in [0, 0.05) is 58.7 Å². The van der Waals surface area contributed by atoms with Crippen molar-refractivity contribution in [1.29, 1.82) is 0 Å². The van der Waals surface area contributed by atoms with Crippen LogP contribution in [0.25, 0.3) is 86.5 Å². The van der Waals surface area contributed by atoms with Crippen molar-refractivity contribution in [3.05, 3.63) is 163 Å². The summed E-state index contributed by atoms with van der Waals surface area (Å²) in [6.45, 7) is 13.9. The lowest BCUT2D eigenvalue weighted by atomic mass is 9.47. The van der Waals surface area contributed by atoms with Gasteiger partial charge in [0.15, 0.2) is 0 Å². The van der Waals surface area contributed by atoms with Gasteiger partial charge in [0.25, 0.3) is 0 Å². The zero-order chi connectivity index (χ0) is 40.4. The Bertz CT molecular complexity index is 3600. The number of fused-ring (bicyclic) bond motifs is 11. The van der Waals surface area contributed by atoms with Gasteiger partial charge in [-0.25, -0.2) is 0 Å². The number of para-hydroxylation sites is 1. The van der Waals surface area contributed by atoms with Gasteiger partial charge in [0.2, 0.25) is 0 Å². The van der Waals surface area contributed by atoms with Crippen LogP contribution in [0.15, 0.2) is 152 Å². The number of hydrogen-bond acceptors (Lipinski definition) is 2. The second-order valence-electron chi connectivity index (χ2n) is 19.3. The van der Waals surface area contributed by atoms with Crippen LogP contribution in [-0.4, -0.2) is 11.3 Å². The molecule has 0 unspecified atom stereocenters. The fourth-order valence-corrected chi connectivity index (χ4v) is 12.2. The van der Waals surface area contributed by atoms with Gasteiger partial charge in [-0.3, -0.25) is 0 Å². The fraction of sp³-hybridized carbons (Fsp3) is 0.143. The van der Waals surface area contributed by atoms with Crippen molar-refractivity contribution < 1.29 is 0 Å². The van der Waals surface area contributed by atoms with Crippen molar-refractivity contribution in [1.82, 2.24) is 4.48 Å². The maximum atomic E-state index is 2.72. The summed E-state index contributed by atoms with van der Waals surface area (Å²) in [4.78, 5) is 2.66. The average molecular weight is 787 g/mol. The molecule has 4 heteroatoms. The van der Waals surface area contributed by atoms with Gasteiger partial charge in [-0.05, 0) is 102 Å². The van der Waals surface area contributed by atoms with E-state index in [1.165, 1.54) is 125 Å². The third-order valence-electron chi connectivity index (χ3n) is 13.8. The molecule has 0 spiro atoms. The summed E-state index contributed by atoms with van der Waals surface area (Å²) >= 11 is 1.97. The number of hydrogen-bond donors (Lipinski definition) is 0. The number of nitrogens with zero attached hydrogens (tertiary/aromatic N) is 2. The van der Waals surface area contributed by atoms with E-state index in [2.05, 4.69) is 203 Å². The monoisotopic (exact) mass is 786 g/mol. The predicted octanol–water partition coefficient (Wildman–Crippen LogP) is 14.6. The van der Waals surface area contributed by atoms with Crippen molar-refractivity contribution in [2.45, 2.75) is 52.4 Å². The standard InChI is InChI=1S/C56H43BN2S/c1-55(2,3)36-22-24-38(25-23-36)58-52-42-27-21-34-29-37(56(4,5)6)28-33-20-26-41(48(42)47(33)34)49-44-31-35(32-14-8-7-9-15-32)30-43-39-16-10-12-18-45(39)59(51(43)44)57(50(49)52)54-53(58)40-17-11-13-19-46(40)60-54/h7-31H,1-6H3. The first-order chi connectivity index (χ1) is 29.0. The van der Waals surface area contributed by atoms with Gasteiger partial charge < -0.3 is 9.38 Å². The third-order valence-corrected chi connectivity index (χ3v) is 15.0. The van der Waals surface area contributed by atoms with Gasteiger partial charge in [0.1, 0.15) is 0 Å². The first-order valence-corrected chi connectivity index (χ1v) is 22.2. The number of benzene rings is 9. The predicted molar refractivity (Wildman–Crippen MR) is 262 cm³/mol. The highest BCUT2D eigenvalue weighted by molar-refractivity contribution is 7.32. The molecular formula is C56H43BN2S. The Labute approximate surface area is 354 Å². The lowest BCUT2D eigenvalue weighted by molar-refractivity contribution is 0.590. The Balaban J connectivity index is 1.27. The van der Waals surface area contributed by atoms with E-state index < -0.39 is 0 Å². The minimum Gasteiger partial charge on any atom is -0.375 e. The largest absolute Gasteiger partial charge is 0.375 e. The number of thiophene rings is 1. The molecule has 11 aromatic rings. The molecule has 2 aliphatic heterocycles. The van der Waals surface area contributed by atoms with E-state index >= 15 is 0 Å². The van der Waals surface area contributed by atoms with E-state index in [1.54, 1.807) is 0 Å². The van der Waals surface area contributed by atoms with E-state index in [-0.39, 0.29) is 17.7 Å². The van der Waals surface area contributed by atoms with E-state index in [9.17, 15) is 0 Å². The molecule has 0 bridgehead atoms. The summed E-state index contributed by atoms with van der Waals surface area (Å²) in [5.41, 5.74) is 15.8. The maximum Gasteiger partial charge on any atom is 0.343 e. The van der Waals surface area contributed by atoms with Crippen LogP contribution in [-0.2, 0) is 10.8 Å². The Morgan fingerprint density at radius 2 is 1.17 bits per heavy atom. The Morgan fingerprint density at radius 3 is 1.90 bits per heavy atom. The zero-order valence-corrected chi connectivity index (χ0v) is 35.6. The molecule has 2 nitrogen and oxygen atoms in total. The van der Waals surface area contributed by atoms with Gasteiger partial charge in [-0.2, -0.15) is 0 Å². The molecule has 2 aromatic heterocycles. The normalized spacial score (nSPS) is 13.8. The van der Waals surface area contributed by atoms with Gasteiger partial charge in [0.05, 0.1) is 11.4 Å². The van der Waals surface area contributed by atoms with Crippen molar-refractivity contribution in [3.63, 3.8) is 0 Å². The summed E-state index contributed by atoms with van der Waals surface area (Å²) in [6.07, 6.45) is 0. The quantitative estimate of drug-likeness (QED) is 0.125. The van der Waals surface area contributed by atoms with Crippen LogP contribution in [0.3, 0.4) is 0 Å². The summed E-state index contributed by atoms with van der Waals surface area (Å²) in [5.74, 6) is 0.